The van der Waals surface area contributed by atoms with E-state index in [9.17, 15) is 0 Å². The summed E-state index contributed by atoms with van der Waals surface area (Å²) in [7, 11) is 1.91. The predicted octanol–water partition coefficient (Wildman–Crippen LogP) is 4.29. The van der Waals surface area contributed by atoms with Crippen LogP contribution < -0.4 is 0 Å². The number of nitrogens with one attached hydrogen (secondary N) is 2. The largest absolute Gasteiger partial charge is 0.346 e. The van der Waals surface area contributed by atoms with Crippen LogP contribution in [0.1, 0.15) is 0 Å². The van der Waals surface area contributed by atoms with Crippen molar-refractivity contribution in [3.05, 3.63) is 65.9 Å². The third-order valence-corrected chi connectivity index (χ3v) is 4.24. The summed E-state index contributed by atoms with van der Waals surface area (Å²) in [5.74, 6) is 0. The normalized spacial score (nSPS) is 10.8. The van der Waals surface area contributed by atoms with Crippen LogP contribution in [0, 0.1) is 0 Å². The van der Waals surface area contributed by atoms with Crippen LogP contribution in [0.3, 0.4) is 0 Å². The minimum Gasteiger partial charge on any atom is -0.346 e. The van der Waals surface area contributed by atoms with Gasteiger partial charge in [-0.2, -0.15) is 5.10 Å². The number of aromatic nitrogens is 6. The Bertz CT molecular complexity index is 1140. The third-order valence-electron chi connectivity index (χ3n) is 3.81. The monoisotopic (exact) mass is 394 g/mol. The van der Waals surface area contributed by atoms with Gasteiger partial charge >= 0.3 is 0 Å². The fraction of sp³-hybridized carbons (Fsp3) is 0.0556. The molecule has 0 saturated carbocycles. The van der Waals surface area contributed by atoms with Gasteiger partial charge in [0, 0.05) is 64.4 Å². The minimum absolute atomic E-state index is 0.919. The number of halogens is 1. The van der Waals surface area contributed by atoms with E-state index in [4.69, 9.17) is 0 Å². The zero-order valence-corrected chi connectivity index (χ0v) is 15.0. The van der Waals surface area contributed by atoms with E-state index in [1.54, 1.807) is 10.9 Å². The molecule has 25 heavy (non-hydrogen) atoms. The lowest BCUT2D eigenvalue weighted by Gasteiger charge is -1.96. The molecule has 0 aliphatic rings. The Balaban J connectivity index is 0.000000136. The van der Waals surface area contributed by atoms with Crippen molar-refractivity contribution < 1.29 is 0 Å². The van der Waals surface area contributed by atoms with Crippen LogP contribution in [0.2, 0.25) is 0 Å². The van der Waals surface area contributed by atoms with Crippen LogP contribution in [0.25, 0.3) is 33.2 Å². The topological polar surface area (TPSA) is 75.2 Å². The molecule has 5 heterocycles. The van der Waals surface area contributed by atoms with Crippen LogP contribution in [-0.2, 0) is 7.05 Å². The standard InChI is InChI=1S/C11H10N4.C7H5BrN2/c1-15-7-10(6-14-15)9-4-8-2-3-12-11(8)13-5-9;8-6-3-5-1-2-9-7(5)10-4-6/h2-7H,1H3,(H,12,13);1-4H,(H,9,10). The second-order valence-corrected chi connectivity index (χ2v) is 6.53. The molecule has 7 heteroatoms. The Morgan fingerprint density at radius 3 is 2.24 bits per heavy atom. The highest BCUT2D eigenvalue weighted by Gasteiger charge is 2.02. The van der Waals surface area contributed by atoms with Crippen LogP contribution in [0.4, 0.5) is 0 Å². The molecule has 0 aliphatic heterocycles. The molecule has 0 aliphatic carbocycles. The lowest BCUT2D eigenvalue weighted by Crippen LogP contribution is -1.84. The Kier molecular flexibility index (Phi) is 4.07. The van der Waals surface area contributed by atoms with E-state index in [2.05, 4.69) is 47.0 Å². The van der Waals surface area contributed by atoms with Gasteiger partial charge in [0.25, 0.3) is 0 Å². The molecule has 5 aromatic heterocycles. The Morgan fingerprint density at radius 2 is 1.56 bits per heavy atom. The molecule has 0 unspecified atom stereocenters. The summed E-state index contributed by atoms with van der Waals surface area (Å²) in [6, 6.07) is 8.14. The van der Waals surface area contributed by atoms with Crippen LogP contribution in [0.5, 0.6) is 0 Å². The molecule has 124 valence electrons. The smallest absolute Gasteiger partial charge is 0.137 e. The highest BCUT2D eigenvalue weighted by atomic mass is 79.9. The summed E-state index contributed by atoms with van der Waals surface area (Å²) in [5, 5.41) is 6.40. The predicted molar refractivity (Wildman–Crippen MR) is 102 cm³/mol. The molecule has 0 amide bonds. The molecule has 2 N–H and O–H groups in total. The lowest BCUT2D eigenvalue weighted by molar-refractivity contribution is 0.768. The quantitative estimate of drug-likeness (QED) is 0.445. The first-order valence-corrected chi connectivity index (χ1v) is 8.49. The highest BCUT2D eigenvalue weighted by Crippen LogP contribution is 2.21. The first-order chi connectivity index (χ1) is 12.2. The molecule has 0 spiro atoms. The van der Waals surface area contributed by atoms with Crippen molar-refractivity contribution in [2.45, 2.75) is 0 Å². The van der Waals surface area contributed by atoms with Crippen LogP contribution in [-0.4, -0.2) is 29.7 Å². The van der Waals surface area contributed by atoms with Crippen molar-refractivity contribution in [1.82, 2.24) is 29.7 Å². The summed E-state index contributed by atoms with van der Waals surface area (Å²) in [6.07, 6.45) is 11.2. The molecule has 0 aromatic carbocycles. The summed E-state index contributed by atoms with van der Waals surface area (Å²) >= 11 is 3.34. The number of pyridine rings is 2. The number of nitrogens with zero attached hydrogens (tertiary/aromatic N) is 4. The van der Waals surface area contributed by atoms with Crippen molar-refractivity contribution >= 4 is 38.0 Å². The highest BCUT2D eigenvalue weighted by molar-refractivity contribution is 9.10. The van der Waals surface area contributed by atoms with Gasteiger partial charge < -0.3 is 9.97 Å². The minimum atomic E-state index is 0.919. The van der Waals surface area contributed by atoms with Gasteiger partial charge in [0.2, 0.25) is 0 Å². The van der Waals surface area contributed by atoms with Gasteiger partial charge in [0.15, 0.2) is 0 Å². The van der Waals surface area contributed by atoms with E-state index in [1.165, 1.54) is 0 Å². The molecule has 0 radical (unpaired) electrons. The summed E-state index contributed by atoms with van der Waals surface area (Å²) in [6.45, 7) is 0. The summed E-state index contributed by atoms with van der Waals surface area (Å²) in [4.78, 5) is 14.6. The summed E-state index contributed by atoms with van der Waals surface area (Å²) < 4.78 is 2.80. The Morgan fingerprint density at radius 1 is 0.880 bits per heavy atom. The molecule has 0 atom stereocenters. The van der Waals surface area contributed by atoms with E-state index >= 15 is 0 Å². The molecular weight excluding hydrogens is 380 g/mol. The number of fused-ring (bicyclic) bond motifs is 2. The Labute approximate surface area is 152 Å². The number of rotatable bonds is 1. The zero-order valence-electron chi connectivity index (χ0n) is 13.4. The van der Waals surface area contributed by atoms with Gasteiger partial charge in [0.1, 0.15) is 11.3 Å². The first-order valence-electron chi connectivity index (χ1n) is 7.70. The number of aromatic amines is 2. The average Bonchev–Trinajstić information content (AvgIpc) is 3.34. The first kappa shape index (κ1) is 15.6. The lowest BCUT2D eigenvalue weighted by atomic mass is 10.1. The van der Waals surface area contributed by atoms with Crippen molar-refractivity contribution in [3.63, 3.8) is 0 Å². The maximum Gasteiger partial charge on any atom is 0.137 e. The fourth-order valence-electron chi connectivity index (χ4n) is 2.58. The SMILES string of the molecule is Brc1cnc2[nH]ccc2c1.Cn1cc(-c2cnc3[nH]ccc3c2)cn1. The maximum atomic E-state index is 4.33. The molecule has 5 aromatic rings. The number of hydrogen-bond acceptors (Lipinski definition) is 3. The maximum absolute atomic E-state index is 4.33. The fourth-order valence-corrected chi connectivity index (χ4v) is 2.93. The van der Waals surface area contributed by atoms with E-state index < -0.39 is 0 Å². The van der Waals surface area contributed by atoms with Crippen molar-refractivity contribution in [3.8, 4) is 11.1 Å². The van der Waals surface area contributed by atoms with Crippen molar-refractivity contribution in [1.29, 1.82) is 0 Å². The average molecular weight is 395 g/mol. The van der Waals surface area contributed by atoms with Gasteiger partial charge in [-0.05, 0) is 40.2 Å². The van der Waals surface area contributed by atoms with E-state index in [0.29, 0.717) is 0 Å². The van der Waals surface area contributed by atoms with E-state index in [1.807, 2.05) is 56.2 Å². The summed E-state index contributed by atoms with van der Waals surface area (Å²) in [5.41, 5.74) is 4.04. The van der Waals surface area contributed by atoms with Crippen LogP contribution in [0.15, 0.2) is 65.9 Å². The molecule has 0 saturated heterocycles. The van der Waals surface area contributed by atoms with Gasteiger partial charge in [0.05, 0.1) is 6.20 Å². The Hall–Kier alpha value is -2.93. The second kappa shape index (κ2) is 6.52. The molecular formula is C18H15BrN6. The van der Waals surface area contributed by atoms with E-state index in [0.717, 1.165) is 37.7 Å². The van der Waals surface area contributed by atoms with Gasteiger partial charge in [-0.3, -0.25) is 4.68 Å². The zero-order chi connectivity index (χ0) is 17.2. The molecule has 5 rings (SSSR count). The van der Waals surface area contributed by atoms with Crippen molar-refractivity contribution in [2.24, 2.45) is 7.05 Å². The number of aryl methyl sites for hydroxylation is 1. The number of H-pyrrole nitrogens is 2. The van der Waals surface area contributed by atoms with Gasteiger partial charge in [-0.15, -0.1) is 0 Å². The molecule has 0 fully saturated rings. The van der Waals surface area contributed by atoms with Gasteiger partial charge in [-0.25, -0.2) is 9.97 Å². The second-order valence-electron chi connectivity index (χ2n) is 5.61. The molecule has 0 bridgehead atoms. The van der Waals surface area contributed by atoms with Crippen molar-refractivity contribution in [2.75, 3.05) is 0 Å². The molecule has 6 nitrogen and oxygen atoms in total. The third kappa shape index (κ3) is 3.32. The van der Waals surface area contributed by atoms with Gasteiger partial charge in [-0.1, -0.05) is 0 Å². The van der Waals surface area contributed by atoms with E-state index in [-0.39, 0.29) is 0 Å². The van der Waals surface area contributed by atoms with Crippen LogP contribution >= 0.6 is 15.9 Å². The number of hydrogen-bond donors (Lipinski definition) is 2.